The Morgan fingerprint density at radius 2 is 1.17 bits per heavy atom. The first-order valence-corrected chi connectivity index (χ1v) is 20.8. The van der Waals surface area contributed by atoms with Gasteiger partial charge in [0.2, 0.25) is 11.8 Å². The van der Waals surface area contributed by atoms with E-state index in [1.54, 1.807) is 0 Å². The van der Waals surface area contributed by atoms with Gasteiger partial charge in [-0.1, -0.05) is 76.2 Å². The molecule has 5 aliphatic rings. The third-order valence-corrected chi connectivity index (χ3v) is 12.9. The predicted molar refractivity (Wildman–Crippen MR) is 220 cm³/mol. The maximum Gasteiger partial charge on any atom is 0.407 e. The van der Waals surface area contributed by atoms with E-state index in [9.17, 15) is 19.2 Å². The standard InChI is InChI=1S/C45H55N7O6/c1-24(2)39(49-44(55)57-5)42(53)51-35(17-15-30-20-37(30)51)33-19-32(22-46-33)28-9-7-26(8-10-28)27-11-13-29(14-12-27)34-23-47-41(48-34)36-18-16-31-21-38(31)52(36)43(54)40(25(3)4)50-45(56)58-6/h7-14,22-25,30-31,35-40H,15-21H2,1-6H3,(H,47,48)(H,49,55)(H,50,56)/t30?,31?,35?,36-,37?,38?,39-,40-/m0/s1. The van der Waals surface area contributed by atoms with Crippen LogP contribution in [0.2, 0.25) is 0 Å². The number of ether oxygens (including phenoxy) is 2. The Labute approximate surface area is 340 Å². The first kappa shape index (κ1) is 39.4. The molecule has 4 heterocycles. The molecule has 2 aliphatic carbocycles. The predicted octanol–water partition coefficient (Wildman–Crippen LogP) is 7.12. The summed E-state index contributed by atoms with van der Waals surface area (Å²) in [5.41, 5.74) is 7.30. The van der Waals surface area contributed by atoms with Gasteiger partial charge in [0.05, 0.1) is 38.2 Å². The maximum atomic E-state index is 14.0. The second kappa shape index (κ2) is 16.1. The van der Waals surface area contributed by atoms with Gasteiger partial charge in [0.15, 0.2) is 0 Å². The smallest absolute Gasteiger partial charge is 0.407 e. The molecule has 4 fully saturated rings. The summed E-state index contributed by atoms with van der Waals surface area (Å²) < 4.78 is 9.65. The Balaban J connectivity index is 0.915. The van der Waals surface area contributed by atoms with Gasteiger partial charge >= 0.3 is 12.2 Å². The fourth-order valence-electron chi connectivity index (χ4n) is 9.40. The summed E-state index contributed by atoms with van der Waals surface area (Å²) in [5, 5.41) is 5.53. The van der Waals surface area contributed by atoms with Gasteiger partial charge in [-0.15, -0.1) is 0 Å². The van der Waals surface area contributed by atoms with Crippen molar-refractivity contribution in [3.63, 3.8) is 0 Å². The minimum atomic E-state index is -0.678. The van der Waals surface area contributed by atoms with Crippen molar-refractivity contribution in [2.24, 2.45) is 28.7 Å². The number of piperidine rings is 2. The molecule has 4 amide bonds. The van der Waals surface area contributed by atoms with E-state index >= 15 is 0 Å². The van der Waals surface area contributed by atoms with E-state index in [0.717, 1.165) is 83.6 Å². The van der Waals surface area contributed by atoms with Gasteiger partial charge in [0.25, 0.3) is 0 Å². The highest BCUT2D eigenvalue weighted by atomic mass is 16.5. The van der Waals surface area contributed by atoms with Gasteiger partial charge in [0, 0.05) is 30.4 Å². The van der Waals surface area contributed by atoms with Crippen LogP contribution in [-0.2, 0) is 19.1 Å². The summed E-state index contributed by atoms with van der Waals surface area (Å²) in [6.45, 7) is 7.75. The second-order valence-electron chi connectivity index (χ2n) is 17.3. The van der Waals surface area contributed by atoms with Crippen LogP contribution in [-0.4, -0.2) is 93.9 Å². The summed E-state index contributed by atoms with van der Waals surface area (Å²) in [4.78, 5) is 69.3. The van der Waals surface area contributed by atoms with Crippen LogP contribution < -0.4 is 10.6 Å². The van der Waals surface area contributed by atoms with Crippen LogP contribution in [0.4, 0.5) is 9.59 Å². The fraction of sp³-hybridized carbons (Fsp3) is 0.511. The molecule has 13 heteroatoms. The minimum absolute atomic E-state index is 0.0534. The Morgan fingerprint density at radius 3 is 1.69 bits per heavy atom. The highest BCUT2D eigenvalue weighted by Crippen LogP contribution is 2.50. The van der Waals surface area contributed by atoms with Crippen molar-refractivity contribution in [1.82, 2.24) is 30.4 Å². The molecule has 8 rings (SSSR count). The number of aromatic nitrogens is 2. The molecule has 306 valence electrons. The highest BCUT2D eigenvalue weighted by molar-refractivity contribution is 6.04. The van der Waals surface area contributed by atoms with E-state index in [4.69, 9.17) is 19.5 Å². The number of nitrogens with zero attached hydrogens (tertiary/aromatic N) is 4. The van der Waals surface area contributed by atoms with Gasteiger partial charge in [-0.3, -0.25) is 14.6 Å². The summed E-state index contributed by atoms with van der Waals surface area (Å²) in [6.07, 6.45) is 9.06. The van der Waals surface area contributed by atoms with Crippen molar-refractivity contribution in [1.29, 1.82) is 0 Å². The van der Waals surface area contributed by atoms with E-state index in [-0.39, 0.29) is 47.8 Å². The molecular formula is C45H55N7O6. The molecule has 0 radical (unpaired) electrons. The SMILES string of the molecule is COC(=O)N[C@H](C(=O)N1C(C2=NC=C(c3ccc(-c4ccc(-c5cnc([C@@H]6CCC7CC7N6C(=O)[C@@H](NC(=O)OC)C(C)C)[nH]5)cc4)cc3)C2)CCC2CC21)C(C)C. The number of H-pyrrole nitrogens is 1. The molecule has 0 spiro atoms. The van der Waals surface area contributed by atoms with Crippen molar-refractivity contribution in [3.05, 3.63) is 72.3 Å². The summed E-state index contributed by atoms with van der Waals surface area (Å²) in [6, 6.07) is 15.7. The molecular weight excluding hydrogens is 735 g/mol. The molecule has 13 nitrogen and oxygen atoms in total. The van der Waals surface area contributed by atoms with Crippen LogP contribution >= 0.6 is 0 Å². The van der Waals surface area contributed by atoms with Crippen molar-refractivity contribution in [2.75, 3.05) is 14.2 Å². The van der Waals surface area contributed by atoms with E-state index < -0.39 is 24.3 Å². The number of aliphatic imine (C=N–C) groups is 1. The number of methoxy groups -OCH3 is 2. The number of likely N-dealkylation sites (tertiary alicyclic amines) is 2. The average Bonchev–Trinajstić information content (AvgIpc) is 4.09. The van der Waals surface area contributed by atoms with Crippen LogP contribution in [0, 0.1) is 23.7 Å². The Kier molecular flexibility index (Phi) is 10.9. The number of carbonyl (C=O) groups excluding carboxylic acids is 4. The van der Waals surface area contributed by atoms with Gasteiger partial charge in [-0.05, 0) is 90.0 Å². The lowest BCUT2D eigenvalue weighted by molar-refractivity contribution is -0.139. The number of fused-ring (bicyclic) bond motifs is 2. The Hall–Kier alpha value is -5.46. The third kappa shape index (κ3) is 7.75. The third-order valence-electron chi connectivity index (χ3n) is 12.9. The molecule has 3 N–H and O–H groups in total. The largest absolute Gasteiger partial charge is 0.453 e. The molecule has 5 unspecified atom stereocenters. The van der Waals surface area contributed by atoms with Crippen LogP contribution in [0.5, 0.6) is 0 Å². The number of alkyl carbamates (subject to hydrolysis) is 2. The van der Waals surface area contributed by atoms with Crippen molar-refractivity contribution in [3.8, 4) is 22.4 Å². The molecule has 2 saturated carbocycles. The zero-order valence-corrected chi connectivity index (χ0v) is 34.2. The molecule has 1 aromatic heterocycles. The maximum absolute atomic E-state index is 14.0. The highest BCUT2D eigenvalue weighted by Gasteiger charge is 2.54. The molecule has 0 bridgehead atoms. The van der Waals surface area contributed by atoms with Crippen LogP contribution in [0.3, 0.4) is 0 Å². The molecule has 3 aromatic rings. The quantitative estimate of drug-likeness (QED) is 0.187. The number of hydrogen-bond donors (Lipinski definition) is 3. The molecule has 3 aliphatic heterocycles. The number of aromatic amines is 1. The van der Waals surface area contributed by atoms with E-state index in [1.165, 1.54) is 14.2 Å². The van der Waals surface area contributed by atoms with E-state index in [1.807, 2.05) is 49.9 Å². The summed E-state index contributed by atoms with van der Waals surface area (Å²) in [5.74, 6) is 1.46. The van der Waals surface area contributed by atoms with Gasteiger partial charge in [0.1, 0.15) is 17.9 Å². The van der Waals surface area contributed by atoms with Gasteiger partial charge in [-0.2, -0.15) is 0 Å². The summed E-state index contributed by atoms with van der Waals surface area (Å²) in [7, 11) is 2.62. The molecule has 2 saturated heterocycles. The lowest BCUT2D eigenvalue weighted by Gasteiger charge is -2.39. The topological polar surface area (TPSA) is 158 Å². The zero-order chi connectivity index (χ0) is 40.8. The van der Waals surface area contributed by atoms with Crippen LogP contribution in [0.1, 0.15) is 90.1 Å². The number of carbonyl (C=O) groups is 4. The number of hydrogen-bond acceptors (Lipinski definition) is 8. The monoisotopic (exact) mass is 789 g/mol. The normalized spacial score (nSPS) is 25.5. The van der Waals surface area contributed by atoms with Crippen molar-refractivity contribution >= 4 is 35.3 Å². The second-order valence-corrected chi connectivity index (χ2v) is 17.3. The molecule has 8 atom stereocenters. The van der Waals surface area contributed by atoms with E-state index in [0.29, 0.717) is 18.3 Å². The number of allylic oxidation sites excluding steroid dienone is 1. The van der Waals surface area contributed by atoms with Gasteiger partial charge in [-0.25, -0.2) is 14.6 Å². The Morgan fingerprint density at radius 1 is 0.690 bits per heavy atom. The van der Waals surface area contributed by atoms with E-state index in [2.05, 4.69) is 64.1 Å². The number of imidazole rings is 1. The Bertz CT molecular complexity index is 2110. The fourth-order valence-corrected chi connectivity index (χ4v) is 9.40. The number of benzene rings is 2. The first-order valence-electron chi connectivity index (χ1n) is 20.8. The first-order chi connectivity index (χ1) is 27.9. The van der Waals surface area contributed by atoms with Crippen molar-refractivity contribution in [2.45, 2.75) is 109 Å². The number of amides is 4. The summed E-state index contributed by atoms with van der Waals surface area (Å²) >= 11 is 0. The van der Waals surface area contributed by atoms with Crippen LogP contribution in [0.15, 0.2) is 65.9 Å². The van der Waals surface area contributed by atoms with Crippen LogP contribution in [0.25, 0.3) is 28.0 Å². The number of nitrogens with one attached hydrogen (secondary N) is 3. The lowest BCUT2D eigenvalue weighted by atomic mass is 9.91. The molecule has 58 heavy (non-hydrogen) atoms. The van der Waals surface area contributed by atoms with Gasteiger partial charge < -0.3 is 34.9 Å². The lowest BCUT2D eigenvalue weighted by Crippen LogP contribution is -2.57. The average molecular weight is 790 g/mol. The number of rotatable bonds is 11. The molecule has 2 aromatic carbocycles. The van der Waals surface area contributed by atoms with Crippen molar-refractivity contribution < 1.29 is 28.7 Å². The minimum Gasteiger partial charge on any atom is -0.453 e. The zero-order valence-electron chi connectivity index (χ0n) is 34.2.